The molecule has 7 heteroatoms. The fourth-order valence-electron chi connectivity index (χ4n) is 1.81. The van der Waals surface area contributed by atoms with Crippen LogP contribution in [0.1, 0.15) is 29.6 Å². The van der Waals surface area contributed by atoms with Crippen molar-refractivity contribution in [2.75, 3.05) is 20.3 Å². The second kappa shape index (κ2) is 7.02. The van der Waals surface area contributed by atoms with Crippen molar-refractivity contribution in [3.63, 3.8) is 0 Å². The van der Waals surface area contributed by atoms with Crippen LogP contribution in [0.4, 0.5) is 0 Å². The predicted molar refractivity (Wildman–Crippen MR) is 78.6 cm³/mol. The Morgan fingerprint density at radius 1 is 1.38 bits per heavy atom. The van der Waals surface area contributed by atoms with E-state index in [4.69, 9.17) is 4.74 Å². The van der Waals surface area contributed by atoms with E-state index in [0.717, 1.165) is 12.8 Å². The topological polar surface area (TPSA) is 84.5 Å². The summed E-state index contributed by atoms with van der Waals surface area (Å²) in [5.41, 5.74) is 0.363. The maximum Gasteiger partial charge on any atom is 0.251 e. The Morgan fingerprint density at radius 2 is 2.14 bits per heavy atom. The van der Waals surface area contributed by atoms with Crippen molar-refractivity contribution < 1.29 is 17.9 Å². The van der Waals surface area contributed by atoms with Crippen molar-refractivity contribution in [3.05, 3.63) is 29.8 Å². The molecule has 1 amide bonds. The van der Waals surface area contributed by atoms with Gasteiger partial charge in [-0.3, -0.25) is 4.79 Å². The monoisotopic (exact) mass is 312 g/mol. The molecule has 0 heterocycles. The Kier molecular flexibility index (Phi) is 5.33. The van der Waals surface area contributed by atoms with Gasteiger partial charge in [-0.2, -0.15) is 0 Å². The second-order valence-electron chi connectivity index (χ2n) is 5.02. The third-order valence-corrected chi connectivity index (χ3v) is 4.60. The molecule has 1 aromatic rings. The number of sulfonamides is 1. The summed E-state index contributed by atoms with van der Waals surface area (Å²) in [5, 5.41) is 2.84. The van der Waals surface area contributed by atoms with Crippen molar-refractivity contribution in [2.45, 2.75) is 30.2 Å². The second-order valence-corrected chi connectivity index (χ2v) is 6.79. The Bertz CT molecular complexity index is 597. The van der Waals surface area contributed by atoms with Crippen LogP contribution in [-0.4, -0.2) is 40.6 Å². The number of hydrogen-bond donors (Lipinski definition) is 2. The molecule has 0 spiro atoms. The molecule has 0 unspecified atom stereocenters. The minimum atomic E-state index is -3.60. The molecule has 6 nitrogen and oxygen atoms in total. The first-order valence-corrected chi connectivity index (χ1v) is 8.41. The number of carbonyl (C=O) groups excluding carboxylic acids is 1. The minimum Gasteiger partial charge on any atom is -0.385 e. The Labute approximate surface area is 124 Å². The average Bonchev–Trinajstić information content (AvgIpc) is 3.28. The van der Waals surface area contributed by atoms with Crippen LogP contribution in [0.25, 0.3) is 0 Å². The van der Waals surface area contributed by atoms with Gasteiger partial charge < -0.3 is 10.1 Å². The predicted octanol–water partition coefficient (Wildman–Crippen LogP) is 0.894. The van der Waals surface area contributed by atoms with Crippen molar-refractivity contribution in [1.29, 1.82) is 0 Å². The highest BCUT2D eigenvalue weighted by Gasteiger charge is 2.24. The number of nitrogens with one attached hydrogen (secondary N) is 2. The lowest BCUT2D eigenvalue weighted by molar-refractivity contribution is 0.0951. The molecular formula is C14H20N2O4S. The fraction of sp³-hybridized carbons (Fsp3) is 0.500. The lowest BCUT2D eigenvalue weighted by Gasteiger charge is -2.08. The summed E-state index contributed by atoms with van der Waals surface area (Å²) >= 11 is 0. The van der Waals surface area contributed by atoms with Crippen LogP contribution < -0.4 is 10.0 Å². The van der Waals surface area contributed by atoms with Crippen molar-refractivity contribution in [1.82, 2.24) is 10.0 Å². The maximum atomic E-state index is 12.1. The first kappa shape index (κ1) is 15.9. The number of benzene rings is 1. The number of hydrogen-bond acceptors (Lipinski definition) is 4. The quantitative estimate of drug-likeness (QED) is 0.698. The first-order valence-electron chi connectivity index (χ1n) is 6.92. The molecule has 0 atom stereocenters. The summed E-state index contributed by atoms with van der Waals surface area (Å²) in [6.45, 7) is 0.793. The van der Waals surface area contributed by atoms with Crippen LogP contribution in [0.5, 0.6) is 0 Å². The van der Waals surface area contributed by atoms with Crippen molar-refractivity contribution in [3.8, 4) is 0 Å². The average molecular weight is 312 g/mol. The van der Waals surface area contributed by atoms with Gasteiger partial charge in [-0.15, -0.1) is 0 Å². The standard InChI is InChI=1S/C14H20N2O4S/c1-20-9-3-8-15-21(18,19)13-5-2-4-11(10-13)14(17)16-12-6-7-12/h2,4-5,10,12,15H,3,6-9H2,1H3,(H,16,17). The molecule has 2 rings (SSSR count). The SMILES string of the molecule is COCCCNS(=O)(=O)c1cccc(C(=O)NC2CC2)c1. The van der Waals surface area contributed by atoms with Gasteiger partial charge in [-0.05, 0) is 37.5 Å². The van der Waals surface area contributed by atoms with Gasteiger partial charge in [-0.25, -0.2) is 13.1 Å². The number of carbonyl (C=O) groups is 1. The Hall–Kier alpha value is -1.44. The molecule has 1 aliphatic carbocycles. The normalized spacial score (nSPS) is 14.9. The summed E-state index contributed by atoms with van der Waals surface area (Å²) in [6, 6.07) is 6.31. The van der Waals surface area contributed by atoms with Crippen LogP contribution in [0, 0.1) is 0 Å². The first-order chi connectivity index (χ1) is 10.0. The summed E-state index contributed by atoms with van der Waals surface area (Å²) in [7, 11) is -2.03. The number of amides is 1. The van der Waals surface area contributed by atoms with Crippen molar-refractivity contribution >= 4 is 15.9 Å². The van der Waals surface area contributed by atoms with E-state index in [1.54, 1.807) is 19.2 Å². The van der Waals surface area contributed by atoms with Gasteiger partial charge in [0.25, 0.3) is 5.91 Å². The molecule has 1 aliphatic rings. The maximum absolute atomic E-state index is 12.1. The third-order valence-electron chi connectivity index (χ3n) is 3.14. The van der Waals surface area contributed by atoms with E-state index in [1.807, 2.05) is 0 Å². The highest BCUT2D eigenvalue weighted by Crippen LogP contribution is 2.20. The zero-order valence-electron chi connectivity index (χ0n) is 12.0. The molecule has 21 heavy (non-hydrogen) atoms. The van der Waals surface area contributed by atoms with E-state index in [-0.39, 0.29) is 16.8 Å². The molecule has 0 aliphatic heterocycles. The van der Waals surface area contributed by atoms with Gasteiger partial charge in [0.1, 0.15) is 0 Å². The zero-order valence-corrected chi connectivity index (χ0v) is 12.8. The van der Waals surface area contributed by atoms with Gasteiger partial charge in [0.15, 0.2) is 0 Å². The number of methoxy groups -OCH3 is 1. The van der Waals surface area contributed by atoms with Crippen LogP contribution in [0.3, 0.4) is 0 Å². The van der Waals surface area contributed by atoms with Crippen LogP contribution in [0.15, 0.2) is 29.2 Å². The van der Waals surface area contributed by atoms with E-state index in [9.17, 15) is 13.2 Å². The number of ether oxygens (including phenoxy) is 1. The lowest BCUT2D eigenvalue weighted by Crippen LogP contribution is -2.27. The van der Waals surface area contributed by atoms with Gasteiger partial charge in [0, 0.05) is 31.9 Å². The molecular weight excluding hydrogens is 292 g/mol. The van der Waals surface area contributed by atoms with Crippen LogP contribution in [0.2, 0.25) is 0 Å². The van der Waals surface area contributed by atoms with Crippen LogP contribution in [-0.2, 0) is 14.8 Å². The summed E-state index contributed by atoms with van der Waals surface area (Å²) in [4.78, 5) is 12.0. The molecule has 2 N–H and O–H groups in total. The van der Waals surface area contributed by atoms with Gasteiger partial charge in [0.2, 0.25) is 10.0 Å². The highest BCUT2D eigenvalue weighted by atomic mass is 32.2. The van der Waals surface area contributed by atoms with Gasteiger partial charge in [0.05, 0.1) is 4.90 Å². The molecule has 1 fully saturated rings. The molecule has 0 aromatic heterocycles. The molecule has 0 bridgehead atoms. The van der Waals surface area contributed by atoms with E-state index >= 15 is 0 Å². The van der Waals surface area contributed by atoms with Gasteiger partial charge in [-0.1, -0.05) is 6.07 Å². The summed E-state index contributed by atoms with van der Waals surface area (Å²) in [6.07, 6.45) is 2.58. The summed E-state index contributed by atoms with van der Waals surface area (Å²) < 4.78 is 31.6. The zero-order chi connectivity index (χ0) is 15.3. The molecule has 1 saturated carbocycles. The molecule has 0 saturated heterocycles. The lowest BCUT2D eigenvalue weighted by atomic mass is 10.2. The molecule has 116 valence electrons. The molecule has 0 radical (unpaired) electrons. The van der Waals surface area contributed by atoms with Crippen LogP contribution >= 0.6 is 0 Å². The van der Waals surface area contributed by atoms with E-state index in [0.29, 0.717) is 25.1 Å². The van der Waals surface area contributed by atoms with E-state index in [1.165, 1.54) is 12.1 Å². The number of rotatable bonds is 8. The van der Waals surface area contributed by atoms with Gasteiger partial charge >= 0.3 is 0 Å². The van der Waals surface area contributed by atoms with Crippen molar-refractivity contribution in [2.24, 2.45) is 0 Å². The van der Waals surface area contributed by atoms with E-state index < -0.39 is 10.0 Å². The Morgan fingerprint density at radius 3 is 2.81 bits per heavy atom. The third kappa shape index (κ3) is 4.80. The molecule has 1 aromatic carbocycles. The Balaban J connectivity index is 2.02. The minimum absolute atomic E-state index is 0.100. The smallest absolute Gasteiger partial charge is 0.251 e. The fourth-order valence-corrected chi connectivity index (χ4v) is 2.93. The largest absolute Gasteiger partial charge is 0.385 e. The summed E-state index contributed by atoms with van der Waals surface area (Å²) in [5.74, 6) is -0.228. The van der Waals surface area contributed by atoms with E-state index in [2.05, 4.69) is 10.0 Å². The highest BCUT2D eigenvalue weighted by molar-refractivity contribution is 7.89.